The van der Waals surface area contributed by atoms with Crippen LogP contribution in [0, 0.1) is 6.92 Å². The minimum absolute atomic E-state index is 0.119. The molecule has 0 spiro atoms. The number of benzene rings is 2. The van der Waals surface area contributed by atoms with Gasteiger partial charge in [0, 0.05) is 17.6 Å². The van der Waals surface area contributed by atoms with Crippen molar-refractivity contribution in [1.82, 2.24) is 0 Å². The maximum Gasteiger partial charge on any atom is 0.261 e. The van der Waals surface area contributed by atoms with Crippen LogP contribution in [-0.2, 0) is 11.2 Å². The predicted octanol–water partition coefficient (Wildman–Crippen LogP) is 4.62. The molecule has 136 valence electrons. The van der Waals surface area contributed by atoms with Crippen molar-refractivity contribution in [3.63, 3.8) is 0 Å². The topological polar surface area (TPSA) is 58.6 Å². The van der Waals surface area contributed by atoms with Crippen LogP contribution in [0.4, 0.5) is 11.4 Å². The average Bonchev–Trinajstić information content (AvgIpc) is 3.12. The second-order valence-corrected chi connectivity index (χ2v) is 7.48. The quantitative estimate of drug-likeness (QED) is 0.723. The first-order valence-corrected chi connectivity index (χ1v) is 9.42. The number of hydrogen-bond acceptors (Lipinski definition) is 4. The Morgan fingerprint density at radius 1 is 1.15 bits per heavy atom. The fourth-order valence-electron chi connectivity index (χ4n) is 3.02. The van der Waals surface area contributed by atoms with E-state index in [9.17, 15) is 9.59 Å². The van der Waals surface area contributed by atoms with Crippen molar-refractivity contribution in [3.8, 4) is 11.5 Å². The number of rotatable bonds is 3. The van der Waals surface area contributed by atoms with E-state index in [0.29, 0.717) is 29.2 Å². The van der Waals surface area contributed by atoms with Crippen LogP contribution >= 0.6 is 11.3 Å². The molecule has 0 unspecified atom stereocenters. The van der Waals surface area contributed by atoms with Crippen LogP contribution in [0.3, 0.4) is 0 Å². The third kappa shape index (κ3) is 3.44. The van der Waals surface area contributed by atoms with Crippen LogP contribution in [0.15, 0.2) is 53.9 Å². The second kappa shape index (κ2) is 6.89. The van der Waals surface area contributed by atoms with Gasteiger partial charge < -0.3 is 15.0 Å². The molecule has 5 nitrogen and oxygen atoms in total. The van der Waals surface area contributed by atoms with Gasteiger partial charge in [0.05, 0.1) is 17.7 Å². The van der Waals surface area contributed by atoms with E-state index in [2.05, 4.69) is 5.32 Å². The number of carbonyl (C=O) groups excluding carboxylic acids is 2. The largest absolute Gasteiger partial charge is 0.454 e. The Morgan fingerprint density at radius 3 is 2.74 bits per heavy atom. The number of thiophene rings is 1. The van der Waals surface area contributed by atoms with Crippen molar-refractivity contribution in [2.24, 2.45) is 0 Å². The molecule has 0 radical (unpaired) electrons. The first-order chi connectivity index (χ1) is 13.0. The average molecular weight is 378 g/mol. The number of nitrogens with one attached hydrogen (secondary N) is 1. The summed E-state index contributed by atoms with van der Waals surface area (Å²) in [5.41, 5.74) is 2.76. The highest BCUT2D eigenvalue weighted by molar-refractivity contribution is 7.10. The van der Waals surface area contributed by atoms with Crippen molar-refractivity contribution >= 4 is 34.5 Å². The normalized spacial score (nSPS) is 12.7. The van der Waals surface area contributed by atoms with Gasteiger partial charge in [0.25, 0.3) is 5.91 Å². The number of anilines is 2. The van der Waals surface area contributed by atoms with Crippen molar-refractivity contribution < 1.29 is 14.3 Å². The zero-order valence-corrected chi connectivity index (χ0v) is 15.8. The number of hydrogen-bond donors (Lipinski definition) is 1. The molecule has 4 rings (SSSR count). The van der Waals surface area contributed by atoms with Gasteiger partial charge in [-0.3, -0.25) is 9.59 Å². The van der Waals surface area contributed by atoms with E-state index < -0.39 is 0 Å². The number of fused-ring (bicyclic) bond motifs is 2. The summed E-state index contributed by atoms with van der Waals surface area (Å²) in [5, 5.41) is 4.80. The van der Waals surface area contributed by atoms with Gasteiger partial charge in [-0.15, -0.1) is 11.3 Å². The Labute approximate surface area is 161 Å². The number of nitrogens with zero attached hydrogens (tertiary/aromatic N) is 1. The molecule has 0 bridgehead atoms. The van der Waals surface area contributed by atoms with Crippen LogP contribution in [0.1, 0.15) is 20.8 Å². The lowest BCUT2D eigenvalue weighted by molar-refractivity contribution is -0.115. The molecule has 0 saturated heterocycles. The smallest absolute Gasteiger partial charge is 0.261 e. The highest BCUT2D eigenvalue weighted by Crippen LogP contribution is 2.39. The van der Waals surface area contributed by atoms with E-state index in [1.54, 1.807) is 41.5 Å². The molecular formula is C21H18N2O3S. The molecule has 1 N–H and O–H groups in total. The van der Waals surface area contributed by atoms with Gasteiger partial charge in [0.2, 0.25) is 5.91 Å². The van der Waals surface area contributed by atoms with Crippen LogP contribution in [0.25, 0.3) is 0 Å². The van der Waals surface area contributed by atoms with Crippen LogP contribution in [-0.4, -0.2) is 18.9 Å². The summed E-state index contributed by atoms with van der Waals surface area (Å²) >= 11 is 1.54. The molecule has 0 atom stereocenters. The summed E-state index contributed by atoms with van der Waals surface area (Å²) in [6, 6.07) is 14.7. The molecule has 0 fully saturated rings. The molecule has 1 aliphatic rings. The van der Waals surface area contributed by atoms with E-state index in [1.807, 2.05) is 42.6 Å². The molecule has 2 aromatic carbocycles. The standard InChI is InChI=1S/C21H18N2O3S/c1-13-5-7-19-17(10-13)23(2)21(25)16-11-14(6-8-18(16)26-19)22-20(24)12-15-4-3-9-27-15/h3-11H,12H2,1-2H3,(H,22,24). The lowest BCUT2D eigenvalue weighted by Gasteiger charge is -2.16. The fourth-order valence-corrected chi connectivity index (χ4v) is 3.73. The Morgan fingerprint density at radius 2 is 1.96 bits per heavy atom. The molecule has 2 amide bonds. The summed E-state index contributed by atoms with van der Waals surface area (Å²) < 4.78 is 5.97. The van der Waals surface area contributed by atoms with Gasteiger partial charge in [-0.2, -0.15) is 0 Å². The molecule has 3 aromatic rings. The molecule has 6 heteroatoms. The molecule has 27 heavy (non-hydrogen) atoms. The minimum atomic E-state index is -0.177. The Balaban J connectivity index is 1.62. The lowest BCUT2D eigenvalue weighted by atomic mass is 10.1. The van der Waals surface area contributed by atoms with Gasteiger partial charge >= 0.3 is 0 Å². The second-order valence-electron chi connectivity index (χ2n) is 6.45. The zero-order chi connectivity index (χ0) is 19.0. The molecule has 0 aliphatic carbocycles. The van der Waals surface area contributed by atoms with Crippen LogP contribution in [0.5, 0.6) is 11.5 Å². The SMILES string of the molecule is Cc1ccc2c(c1)N(C)C(=O)c1cc(NC(=O)Cc3cccs3)ccc1O2. The number of aryl methyl sites for hydroxylation is 1. The van der Waals surface area contributed by atoms with E-state index in [-0.39, 0.29) is 11.8 Å². The first-order valence-electron chi connectivity index (χ1n) is 8.54. The zero-order valence-electron chi connectivity index (χ0n) is 15.0. The van der Waals surface area contributed by atoms with Gasteiger partial charge in [-0.25, -0.2) is 0 Å². The van der Waals surface area contributed by atoms with Crippen molar-refractivity contribution in [2.45, 2.75) is 13.3 Å². The summed E-state index contributed by atoms with van der Waals surface area (Å²) in [4.78, 5) is 27.8. The van der Waals surface area contributed by atoms with Gasteiger partial charge in [-0.1, -0.05) is 12.1 Å². The number of ether oxygens (including phenoxy) is 1. The number of amides is 2. The molecular weight excluding hydrogens is 360 g/mol. The summed E-state index contributed by atoms with van der Waals surface area (Å²) in [6.45, 7) is 1.97. The van der Waals surface area contributed by atoms with Crippen molar-refractivity contribution in [3.05, 3.63) is 69.9 Å². The lowest BCUT2D eigenvalue weighted by Crippen LogP contribution is -2.25. The Hall–Kier alpha value is -3.12. The van der Waals surface area contributed by atoms with Crippen LogP contribution < -0.4 is 15.0 Å². The fraction of sp³-hybridized carbons (Fsp3) is 0.143. The van der Waals surface area contributed by atoms with E-state index in [1.165, 1.54) is 0 Å². The molecule has 1 aliphatic heterocycles. The molecule has 1 aromatic heterocycles. The maximum atomic E-state index is 12.9. The predicted molar refractivity (Wildman–Crippen MR) is 107 cm³/mol. The maximum absolute atomic E-state index is 12.9. The Kier molecular flexibility index (Phi) is 4.41. The monoisotopic (exact) mass is 378 g/mol. The summed E-state index contributed by atoms with van der Waals surface area (Å²) in [7, 11) is 1.72. The van der Waals surface area contributed by atoms with E-state index in [4.69, 9.17) is 4.74 Å². The first kappa shape index (κ1) is 17.3. The highest BCUT2D eigenvalue weighted by atomic mass is 32.1. The third-order valence-electron chi connectivity index (χ3n) is 4.41. The summed E-state index contributed by atoms with van der Waals surface area (Å²) in [6.07, 6.45) is 0.309. The number of carbonyl (C=O) groups is 2. The van der Waals surface area contributed by atoms with Gasteiger partial charge in [-0.05, 0) is 54.3 Å². The van der Waals surface area contributed by atoms with Crippen molar-refractivity contribution in [2.75, 3.05) is 17.3 Å². The molecule has 0 saturated carbocycles. The Bertz CT molecular complexity index is 1030. The van der Waals surface area contributed by atoms with Crippen LogP contribution in [0.2, 0.25) is 0 Å². The minimum Gasteiger partial charge on any atom is -0.454 e. The van der Waals surface area contributed by atoms with Gasteiger partial charge in [0.1, 0.15) is 5.75 Å². The third-order valence-corrected chi connectivity index (χ3v) is 5.29. The molecule has 2 heterocycles. The van der Waals surface area contributed by atoms with E-state index >= 15 is 0 Å². The highest BCUT2D eigenvalue weighted by Gasteiger charge is 2.26. The van der Waals surface area contributed by atoms with Gasteiger partial charge in [0.15, 0.2) is 5.75 Å². The summed E-state index contributed by atoms with van der Waals surface area (Å²) in [5.74, 6) is 0.811. The van der Waals surface area contributed by atoms with E-state index in [0.717, 1.165) is 16.1 Å². The van der Waals surface area contributed by atoms with Crippen molar-refractivity contribution in [1.29, 1.82) is 0 Å².